The lowest BCUT2D eigenvalue weighted by Gasteiger charge is -2.26. The van der Waals surface area contributed by atoms with Crippen molar-refractivity contribution in [2.45, 2.75) is 38.6 Å². The summed E-state index contributed by atoms with van der Waals surface area (Å²) in [5, 5.41) is 0. The van der Waals surface area contributed by atoms with Crippen molar-refractivity contribution in [1.29, 1.82) is 0 Å². The monoisotopic (exact) mass is 247 g/mol. The van der Waals surface area contributed by atoms with Crippen molar-refractivity contribution in [2.24, 2.45) is 5.73 Å². The second-order valence-corrected chi connectivity index (χ2v) is 4.92. The van der Waals surface area contributed by atoms with Gasteiger partial charge in [-0.3, -0.25) is 4.79 Å². The summed E-state index contributed by atoms with van der Waals surface area (Å²) >= 11 is 0. The molecular formula is C14H21N3O. The third-order valence-corrected chi connectivity index (χ3v) is 3.36. The van der Waals surface area contributed by atoms with Crippen LogP contribution in [-0.4, -0.2) is 18.5 Å². The molecular weight excluding hydrogens is 226 g/mol. The van der Waals surface area contributed by atoms with Crippen molar-refractivity contribution in [2.75, 3.05) is 17.2 Å². The van der Waals surface area contributed by atoms with Gasteiger partial charge in [0.1, 0.15) is 0 Å². The van der Waals surface area contributed by atoms with Gasteiger partial charge in [0.05, 0.1) is 11.4 Å². The molecule has 1 aliphatic rings. The Morgan fingerprint density at radius 2 is 2.17 bits per heavy atom. The summed E-state index contributed by atoms with van der Waals surface area (Å²) in [4.78, 5) is 13.6. The molecule has 4 N–H and O–H groups in total. The lowest BCUT2D eigenvalue weighted by atomic mass is 10.1. The molecule has 0 aromatic heterocycles. The van der Waals surface area contributed by atoms with E-state index in [4.69, 9.17) is 11.5 Å². The third-order valence-electron chi connectivity index (χ3n) is 3.36. The number of amides is 1. The highest BCUT2D eigenvalue weighted by atomic mass is 16.1. The van der Waals surface area contributed by atoms with Gasteiger partial charge in [-0.25, -0.2) is 0 Å². The minimum atomic E-state index is -0.400. The fourth-order valence-electron chi connectivity index (χ4n) is 2.16. The van der Waals surface area contributed by atoms with Crippen LogP contribution in [0.25, 0.3) is 0 Å². The molecule has 0 atom stereocenters. The summed E-state index contributed by atoms with van der Waals surface area (Å²) in [6.07, 6.45) is 4.71. The number of anilines is 2. The molecule has 0 heterocycles. The summed E-state index contributed by atoms with van der Waals surface area (Å²) in [6, 6.07) is 5.87. The molecule has 4 heteroatoms. The zero-order valence-corrected chi connectivity index (χ0v) is 10.9. The minimum Gasteiger partial charge on any atom is -0.397 e. The van der Waals surface area contributed by atoms with E-state index in [1.165, 1.54) is 12.8 Å². The van der Waals surface area contributed by atoms with Gasteiger partial charge in [0, 0.05) is 18.2 Å². The largest absolute Gasteiger partial charge is 0.397 e. The SMILES string of the molecule is CCCCN(c1cc(C(N)=O)ccc1N)C1CC1. The summed E-state index contributed by atoms with van der Waals surface area (Å²) in [5.74, 6) is -0.400. The summed E-state index contributed by atoms with van der Waals surface area (Å²) < 4.78 is 0. The van der Waals surface area contributed by atoms with E-state index >= 15 is 0 Å². The molecule has 0 bridgehead atoms. The van der Waals surface area contributed by atoms with Crippen LogP contribution in [0.2, 0.25) is 0 Å². The first-order chi connectivity index (χ1) is 8.63. The minimum absolute atomic E-state index is 0.400. The van der Waals surface area contributed by atoms with Gasteiger partial charge >= 0.3 is 0 Å². The maximum Gasteiger partial charge on any atom is 0.248 e. The zero-order chi connectivity index (χ0) is 13.1. The fourth-order valence-corrected chi connectivity index (χ4v) is 2.16. The Balaban J connectivity index is 2.27. The number of benzene rings is 1. The van der Waals surface area contributed by atoms with Crippen LogP contribution in [0, 0.1) is 0 Å². The number of primary amides is 1. The Bertz CT molecular complexity index is 441. The molecule has 0 saturated heterocycles. The predicted molar refractivity (Wildman–Crippen MR) is 74.6 cm³/mol. The highest BCUT2D eigenvalue weighted by molar-refractivity contribution is 5.95. The quantitative estimate of drug-likeness (QED) is 0.756. The first-order valence-corrected chi connectivity index (χ1v) is 6.59. The van der Waals surface area contributed by atoms with E-state index in [1.54, 1.807) is 12.1 Å². The molecule has 1 saturated carbocycles. The van der Waals surface area contributed by atoms with Crippen LogP contribution in [0.3, 0.4) is 0 Å². The molecule has 0 aliphatic heterocycles. The maximum atomic E-state index is 11.2. The van der Waals surface area contributed by atoms with Crippen molar-refractivity contribution in [3.63, 3.8) is 0 Å². The van der Waals surface area contributed by atoms with Crippen LogP contribution in [0.5, 0.6) is 0 Å². The van der Waals surface area contributed by atoms with Gasteiger partial charge in [0.2, 0.25) is 5.91 Å². The van der Waals surface area contributed by atoms with Crippen LogP contribution < -0.4 is 16.4 Å². The number of hydrogen-bond donors (Lipinski definition) is 2. The van der Waals surface area contributed by atoms with Gasteiger partial charge in [0.25, 0.3) is 0 Å². The van der Waals surface area contributed by atoms with Gasteiger partial charge in [-0.15, -0.1) is 0 Å². The van der Waals surface area contributed by atoms with Crippen LogP contribution in [0.4, 0.5) is 11.4 Å². The number of rotatable bonds is 6. The number of unbranched alkanes of at least 4 members (excludes halogenated alkanes) is 1. The van der Waals surface area contributed by atoms with E-state index in [0.717, 1.165) is 30.8 Å². The Hall–Kier alpha value is -1.71. The van der Waals surface area contributed by atoms with Crippen molar-refractivity contribution in [1.82, 2.24) is 0 Å². The number of nitrogens with two attached hydrogens (primary N) is 2. The highest BCUT2D eigenvalue weighted by Gasteiger charge is 2.30. The van der Waals surface area contributed by atoms with Gasteiger partial charge in [0.15, 0.2) is 0 Å². The summed E-state index contributed by atoms with van der Waals surface area (Å²) in [6.45, 7) is 3.17. The smallest absolute Gasteiger partial charge is 0.248 e. The zero-order valence-electron chi connectivity index (χ0n) is 10.9. The standard InChI is InChI=1S/C14H21N3O/c1-2-3-8-17(11-5-6-11)13-9-10(14(16)18)4-7-12(13)15/h4,7,9,11H,2-3,5-6,8,15H2,1H3,(H2,16,18). The summed E-state index contributed by atoms with van der Waals surface area (Å²) in [5.41, 5.74) is 13.6. The third kappa shape index (κ3) is 2.75. The second kappa shape index (κ2) is 5.29. The lowest BCUT2D eigenvalue weighted by molar-refractivity contribution is 0.100. The van der Waals surface area contributed by atoms with E-state index < -0.39 is 5.91 Å². The molecule has 98 valence electrons. The number of nitrogen functional groups attached to an aromatic ring is 1. The van der Waals surface area contributed by atoms with E-state index in [9.17, 15) is 4.79 Å². The molecule has 0 spiro atoms. The van der Waals surface area contributed by atoms with Gasteiger partial charge < -0.3 is 16.4 Å². The van der Waals surface area contributed by atoms with Crippen molar-refractivity contribution in [3.8, 4) is 0 Å². The fraction of sp³-hybridized carbons (Fsp3) is 0.500. The number of nitrogens with zero attached hydrogens (tertiary/aromatic N) is 1. The van der Waals surface area contributed by atoms with Crippen LogP contribution >= 0.6 is 0 Å². The number of hydrogen-bond acceptors (Lipinski definition) is 3. The first kappa shape index (κ1) is 12.7. The van der Waals surface area contributed by atoms with Crippen molar-refractivity contribution >= 4 is 17.3 Å². The lowest BCUT2D eigenvalue weighted by Crippen LogP contribution is -2.28. The summed E-state index contributed by atoms with van der Waals surface area (Å²) in [7, 11) is 0. The Morgan fingerprint density at radius 3 is 2.72 bits per heavy atom. The molecule has 0 radical (unpaired) electrons. The maximum absolute atomic E-state index is 11.2. The van der Waals surface area contributed by atoms with Gasteiger partial charge in [-0.1, -0.05) is 13.3 Å². The average molecular weight is 247 g/mol. The van der Waals surface area contributed by atoms with Crippen molar-refractivity contribution < 1.29 is 4.79 Å². The molecule has 1 aliphatic carbocycles. The molecule has 1 amide bonds. The van der Waals surface area contributed by atoms with Crippen molar-refractivity contribution in [3.05, 3.63) is 23.8 Å². The van der Waals surface area contributed by atoms with Gasteiger partial charge in [-0.05, 0) is 37.5 Å². The average Bonchev–Trinajstić information content (AvgIpc) is 3.15. The van der Waals surface area contributed by atoms with Gasteiger partial charge in [-0.2, -0.15) is 0 Å². The molecule has 1 fully saturated rings. The number of carbonyl (C=O) groups excluding carboxylic acids is 1. The molecule has 4 nitrogen and oxygen atoms in total. The Labute approximate surface area is 108 Å². The second-order valence-electron chi connectivity index (χ2n) is 4.92. The number of carbonyl (C=O) groups is 1. The van der Waals surface area contributed by atoms with Crippen LogP contribution in [0.1, 0.15) is 43.0 Å². The Morgan fingerprint density at radius 1 is 1.44 bits per heavy atom. The highest BCUT2D eigenvalue weighted by Crippen LogP contribution is 2.35. The van der Waals surface area contributed by atoms with E-state index in [1.807, 2.05) is 6.07 Å². The normalized spacial score (nSPS) is 14.5. The van der Waals surface area contributed by atoms with Crippen LogP contribution in [-0.2, 0) is 0 Å². The molecule has 1 aromatic rings. The van der Waals surface area contributed by atoms with Crippen LogP contribution in [0.15, 0.2) is 18.2 Å². The van der Waals surface area contributed by atoms with E-state index in [2.05, 4.69) is 11.8 Å². The molecule has 18 heavy (non-hydrogen) atoms. The first-order valence-electron chi connectivity index (χ1n) is 6.59. The van der Waals surface area contributed by atoms with E-state index in [0.29, 0.717) is 11.6 Å². The molecule has 2 rings (SSSR count). The Kier molecular flexibility index (Phi) is 3.75. The van der Waals surface area contributed by atoms with E-state index in [-0.39, 0.29) is 0 Å². The topological polar surface area (TPSA) is 72.3 Å². The molecule has 0 unspecified atom stereocenters. The predicted octanol–water partition coefficient (Wildman–Crippen LogP) is 2.14. The molecule has 1 aromatic carbocycles.